The fourth-order valence-electron chi connectivity index (χ4n) is 1.39. The summed E-state index contributed by atoms with van der Waals surface area (Å²) in [5, 5.41) is 12.4. The molecular formula is C11H9FN4. The van der Waals surface area contributed by atoms with Crippen LogP contribution < -0.4 is 0 Å². The molecule has 0 atom stereocenters. The van der Waals surface area contributed by atoms with E-state index in [0.717, 1.165) is 0 Å². The number of nitrogens with zero attached hydrogens (tertiary/aromatic N) is 4. The Hall–Kier alpha value is -2.22. The highest BCUT2D eigenvalue weighted by molar-refractivity contribution is 5.17. The lowest BCUT2D eigenvalue weighted by atomic mass is 10.1. The molecule has 5 heteroatoms. The molecule has 0 saturated carbocycles. The zero-order chi connectivity index (χ0) is 11.4. The van der Waals surface area contributed by atoms with Gasteiger partial charge in [0.05, 0.1) is 0 Å². The molecule has 0 radical (unpaired) electrons. The van der Waals surface area contributed by atoms with E-state index in [1.54, 1.807) is 18.2 Å². The van der Waals surface area contributed by atoms with Crippen molar-refractivity contribution in [2.75, 3.05) is 0 Å². The number of rotatable bonds is 3. The van der Waals surface area contributed by atoms with Gasteiger partial charge in [-0.1, -0.05) is 18.2 Å². The molecule has 0 aliphatic rings. The van der Waals surface area contributed by atoms with E-state index in [0.29, 0.717) is 18.5 Å². The highest BCUT2D eigenvalue weighted by Gasteiger charge is 2.02. The molecular weight excluding hydrogens is 207 g/mol. The molecule has 16 heavy (non-hydrogen) atoms. The summed E-state index contributed by atoms with van der Waals surface area (Å²) >= 11 is 0. The molecule has 0 N–H and O–H groups in total. The summed E-state index contributed by atoms with van der Waals surface area (Å²) in [6.45, 7) is 0.510. The van der Waals surface area contributed by atoms with E-state index in [1.807, 2.05) is 6.07 Å². The Morgan fingerprint density at radius 1 is 1.38 bits per heavy atom. The van der Waals surface area contributed by atoms with Crippen molar-refractivity contribution in [3.8, 4) is 6.07 Å². The molecule has 0 bridgehead atoms. The third kappa shape index (κ3) is 2.23. The maximum atomic E-state index is 13.3. The van der Waals surface area contributed by atoms with Gasteiger partial charge in [0.2, 0.25) is 0 Å². The standard InChI is InChI=1S/C11H9FN4/c12-10-4-2-1-3-9(10)5-6-16-8-14-11(7-13)15-16/h1-4,8H,5-6H2. The number of benzene rings is 1. The lowest BCUT2D eigenvalue weighted by Crippen LogP contribution is -2.03. The summed E-state index contributed by atoms with van der Waals surface area (Å²) in [6.07, 6.45) is 2.00. The smallest absolute Gasteiger partial charge is 0.251 e. The average molecular weight is 216 g/mol. The number of hydrogen-bond acceptors (Lipinski definition) is 3. The second kappa shape index (κ2) is 4.53. The molecule has 80 valence electrons. The van der Waals surface area contributed by atoms with Crippen LogP contribution in [0.1, 0.15) is 11.4 Å². The number of nitriles is 1. The fraction of sp³-hybridized carbons (Fsp3) is 0.182. The molecule has 0 saturated heterocycles. The molecule has 0 aliphatic heterocycles. The maximum absolute atomic E-state index is 13.3. The van der Waals surface area contributed by atoms with Crippen LogP contribution in [0.4, 0.5) is 4.39 Å². The Bertz CT molecular complexity index is 527. The molecule has 1 heterocycles. The van der Waals surface area contributed by atoms with Crippen LogP contribution in [0.15, 0.2) is 30.6 Å². The molecule has 4 nitrogen and oxygen atoms in total. The first-order valence-corrected chi connectivity index (χ1v) is 4.82. The molecule has 2 aromatic rings. The van der Waals surface area contributed by atoms with E-state index >= 15 is 0 Å². The molecule has 0 unspecified atom stereocenters. The van der Waals surface area contributed by atoms with Crippen molar-refractivity contribution in [1.29, 1.82) is 5.26 Å². The summed E-state index contributed by atoms with van der Waals surface area (Å²) < 4.78 is 14.8. The van der Waals surface area contributed by atoms with E-state index in [2.05, 4.69) is 10.1 Å². The lowest BCUT2D eigenvalue weighted by molar-refractivity contribution is 0.571. The summed E-state index contributed by atoms with van der Waals surface area (Å²) in [4.78, 5) is 3.77. The van der Waals surface area contributed by atoms with Crippen molar-refractivity contribution >= 4 is 0 Å². The third-order valence-corrected chi connectivity index (χ3v) is 2.20. The van der Waals surface area contributed by atoms with E-state index < -0.39 is 0 Å². The van der Waals surface area contributed by atoms with Crippen LogP contribution in [-0.4, -0.2) is 14.8 Å². The van der Waals surface area contributed by atoms with Crippen LogP contribution in [0, 0.1) is 17.1 Å². The molecule has 1 aromatic carbocycles. The predicted octanol–water partition coefficient (Wildman–Crippen LogP) is 1.53. The Kier molecular flexibility index (Phi) is 2.92. The Morgan fingerprint density at radius 2 is 2.19 bits per heavy atom. The maximum Gasteiger partial charge on any atom is 0.252 e. The first-order valence-electron chi connectivity index (χ1n) is 4.82. The number of halogens is 1. The molecule has 0 spiro atoms. The SMILES string of the molecule is N#Cc1ncn(CCc2ccccc2F)n1. The predicted molar refractivity (Wildman–Crippen MR) is 54.8 cm³/mol. The van der Waals surface area contributed by atoms with Gasteiger partial charge in [-0.05, 0) is 18.1 Å². The van der Waals surface area contributed by atoms with Crippen molar-refractivity contribution in [2.45, 2.75) is 13.0 Å². The summed E-state index contributed by atoms with van der Waals surface area (Å²) in [6, 6.07) is 8.45. The summed E-state index contributed by atoms with van der Waals surface area (Å²) in [5.41, 5.74) is 0.636. The van der Waals surface area contributed by atoms with Crippen molar-refractivity contribution in [2.24, 2.45) is 0 Å². The van der Waals surface area contributed by atoms with Gasteiger partial charge in [0.15, 0.2) is 0 Å². The minimum absolute atomic E-state index is 0.133. The number of aryl methyl sites for hydroxylation is 2. The normalized spacial score (nSPS) is 10.0. The van der Waals surface area contributed by atoms with Gasteiger partial charge in [-0.25, -0.2) is 9.37 Å². The zero-order valence-electron chi connectivity index (χ0n) is 8.47. The second-order valence-corrected chi connectivity index (χ2v) is 3.28. The van der Waals surface area contributed by atoms with Crippen molar-refractivity contribution in [3.63, 3.8) is 0 Å². The zero-order valence-corrected chi connectivity index (χ0v) is 8.47. The van der Waals surface area contributed by atoms with Gasteiger partial charge < -0.3 is 0 Å². The summed E-state index contributed by atoms with van der Waals surface area (Å²) in [5.74, 6) is -0.0864. The van der Waals surface area contributed by atoms with E-state index in [9.17, 15) is 4.39 Å². The molecule has 1 aromatic heterocycles. The highest BCUT2D eigenvalue weighted by Crippen LogP contribution is 2.07. The summed E-state index contributed by atoms with van der Waals surface area (Å²) in [7, 11) is 0. The number of aromatic nitrogens is 3. The average Bonchev–Trinajstić information content (AvgIpc) is 2.76. The van der Waals surface area contributed by atoms with E-state index in [1.165, 1.54) is 17.1 Å². The van der Waals surface area contributed by atoms with E-state index in [4.69, 9.17) is 5.26 Å². The lowest BCUT2D eigenvalue weighted by Gasteiger charge is -2.02. The van der Waals surface area contributed by atoms with Crippen LogP contribution >= 0.6 is 0 Å². The Balaban J connectivity index is 2.03. The van der Waals surface area contributed by atoms with Gasteiger partial charge in [0.25, 0.3) is 5.82 Å². The number of hydrogen-bond donors (Lipinski definition) is 0. The third-order valence-electron chi connectivity index (χ3n) is 2.20. The van der Waals surface area contributed by atoms with Gasteiger partial charge in [0.1, 0.15) is 18.2 Å². The minimum atomic E-state index is -0.219. The van der Waals surface area contributed by atoms with Gasteiger partial charge >= 0.3 is 0 Å². The quantitative estimate of drug-likeness (QED) is 0.781. The monoisotopic (exact) mass is 216 g/mol. The Labute approximate surface area is 92.0 Å². The van der Waals surface area contributed by atoms with Crippen LogP contribution in [0.3, 0.4) is 0 Å². The van der Waals surface area contributed by atoms with Gasteiger partial charge in [-0.2, -0.15) is 5.26 Å². The van der Waals surface area contributed by atoms with Gasteiger partial charge in [0, 0.05) is 6.54 Å². The molecule has 0 fully saturated rings. The molecule has 0 aliphatic carbocycles. The first-order chi connectivity index (χ1) is 7.79. The molecule has 0 amide bonds. The van der Waals surface area contributed by atoms with Crippen LogP contribution in [0.5, 0.6) is 0 Å². The van der Waals surface area contributed by atoms with Crippen LogP contribution in [-0.2, 0) is 13.0 Å². The Morgan fingerprint density at radius 3 is 2.88 bits per heavy atom. The fourth-order valence-corrected chi connectivity index (χ4v) is 1.39. The van der Waals surface area contributed by atoms with Gasteiger partial charge in [-0.15, -0.1) is 5.10 Å². The topological polar surface area (TPSA) is 54.5 Å². The van der Waals surface area contributed by atoms with Crippen LogP contribution in [0.25, 0.3) is 0 Å². The van der Waals surface area contributed by atoms with Crippen molar-refractivity contribution in [1.82, 2.24) is 14.8 Å². The second-order valence-electron chi connectivity index (χ2n) is 3.28. The minimum Gasteiger partial charge on any atom is -0.251 e. The first kappa shape index (κ1) is 10.3. The van der Waals surface area contributed by atoms with Gasteiger partial charge in [-0.3, -0.25) is 4.68 Å². The highest BCUT2D eigenvalue weighted by atomic mass is 19.1. The van der Waals surface area contributed by atoms with Crippen LogP contribution in [0.2, 0.25) is 0 Å². The van der Waals surface area contributed by atoms with Crippen molar-refractivity contribution < 1.29 is 4.39 Å². The molecule has 2 rings (SSSR count). The van der Waals surface area contributed by atoms with Crippen molar-refractivity contribution in [3.05, 3.63) is 47.8 Å². The van der Waals surface area contributed by atoms with E-state index in [-0.39, 0.29) is 11.6 Å². The largest absolute Gasteiger partial charge is 0.252 e.